The zero-order valence-electron chi connectivity index (χ0n) is 19.7. The van der Waals surface area contributed by atoms with E-state index < -0.39 is 0 Å². The number of benzene rings is 4. The lowest BCUT2D eigenvalue weighted by atomic mass is 9.81. The van der Waals surface area contributed by atoms with Gasteiger partial charge in [0.2, 0.25) is 5.69 Å². The van der Waals surface area contributed by atoms with Gasteiger partial charge in [-0.1, -0.05) is 51.1 Å². The van der Waals surface area contributed by atoms with Crippen molar-refractivity contribution in [1.29, 1.82) is 0 Å². The fourth-order valence-electron chi connectivity index (χ4n) is 5.47. The molecule has 4 aromatic carbocycles. The quantitative estimate of drug-likeness (QED) is 0.189. The summed E-state index contributed by atoms with van der Waals surface area (Å²) in [5.74, 6) is 1.57. The second-order valence-corrected chi connectivity index (χ2v) is 10.5. The molecular formula is C30H27FNO+. The summed E-state index contributed by atoms with van der Waals surface area (Å²) in [4.78, 5) is 0. The van der Waals surface area contributed by atoms with E-state index in [4.69, 9.17) is 4.74 Å². The molecule has 0 radical (unpaired) electrons. The summed E-state index contributed by atoms with van der Waals surface area (Å²) in [5, 5.41) is 6.47. The normalized spacial score (nSPS) is 12.9. The van der Waals surface area contributed by atoms with Crippen molar-refractivity contribution in [3.05, 3.63) is 77.7 Å². The number of hydrogen-bond donors (Lipinski definition) is 0. The first-order chi connectivity index (χ1) is 15.7. The van der Waals surface area contributed by atoms with Crippen LogP contribution in [0.2, 0.25) is 0 Å². The molecule has 0 aliphatic carbocycles. The molecule has 3 heteroatoms. The van der Waals surface area contributed by atoms with Crippen LogP contribution in [0.1, 0.15) is 31.9 Å². The van der Waals surface area contributed by atoms with E-state index in [0.29, 0.717) is 0 Å². The molecule has 6 rings (SSSR count). The standard InChI is InChI=1S/C30H27FNO/c1-17-20-8-6-7-9-21(20)24(16-30(2,3)4)29-26(17)28-27-22(12-13-32(28)5)23-15-19(31)11-10-18(23)14-25(27)33-29/h6-15H,16H2,1-5H3/q+1. The Balaban J connectivity index is 1.82. The molecule has 0 N–H and O–H groups in total. The van der Waals surface area contributed by atoms with Crippen LogP contribution in [-0.4, -0.2) is 0 Å². The van der Waals surface area contributed by atoms with Crippen molar-refractivity contribution < 1.29 is 13.7 Å². The molecule has 33 heavy (non-hydrogen) atoms. The Hall–Kier alpha value is -3.46. The fourth-order valence-corrected chi connectivity index (χ4v) is 5.47. The van der Waals surface area contributed by atoms with E-state index in [1.54, 1.807) is 6.07 Å². The van der Waals surface area contributed by atoms with Crippen molar-refractivity contribution in [3.63, 3.8) is 0 Å². The maximum atomic E-state index is 14.2. The minimum Gasteiger partial charge on any atom is -0.455 e. The third-order valence-corrected chi connectivity index (χ3v) is 6.85. The van der Waals surface area contributed by atoms with Crippen LogP contribution in [0.5, 0.6) is 11.5 Å². The highest BCUT2D eigenvalue weighted by Crippen LogP contribution is 2.52. The lowest BCUT2D eigenvalue weighted by Crippen LogP contribution is -2.32. The zero-order valence-corrected chi connectivity index (χ0v) is 19.7. The number of ether oxygens (including phenoxy) is 1. The molecular weight excluding hydrogens is 409 g/mol. The number of aromatic nitrogens is 1. The Morgan fingerprint density at radius 1 is 0.909 bits per heavy atom. The van der Waals surface area contributed by atoms with Crippen LogP contribution in [0.3, 0.4) is 0 Å². The third-order valence-electron chi connectivity index (χ3n) is 6.85. The maximum Gasteiger partial charge on any atom is 0.228 e. The molecule has 2 heterocycles. The number of aryl methyl sites for hydroxylation is 2. The molecule has 0 atom stereocenters. The van der Waals surface area contributed by atoms with Crippen LogP contribution in [-0.2, 0) is 13.5 Å². The Morgan fingerprint density at radius 3 is 2.42 bits per heavy atom. The molecule has 0 fully saturated rings. The molecule has 0 amide bonds. The minimum atomic E-state index is -0.223. The molecule has 0 spiro atoms. The van der Waals surface area contributed by atoms with Gasteiger partial charge in [0, 0.05) is 17.0 Å². The van der Waals surface area contributed by atoms with Gasteiger partial charge in [-0.3, -0.25) is 0 Å². The van der Waals surface area contributed by atoms with E-state index in [1.165, 1.54) is 28.0 Å². The molecule has 164 valence electrons. The molecule has 0 saturated heterocycles. The fraction of sp³-hybridized carbons (Fsp3) is 0.233. The van der Waals surface area contributed by atoms with Crippen LogP contribution >= 0.6 is 0 Å². The van der Waals surface area contributed by atoms with E-state index in [0.717, 1.165) is 50.7 Å². The van der Waals surface area contributed by atoms with Crippen molar-refractivity contribution in [2.45, 2.75) is 34.1 Å². The molecule has 5 aromatic rings. The first-order valence-corrected chi connectivity index (χ1v) is 11.5. The predicted octanol–water partition coefficient (Wildman–Crippen LogP) is 7.78. The second-order valence-electron chi connectivity index (χ2n) is 10.5. The number of pyridine rings is 1. The summed E-state index contributed by atoms with van der Waals surface area (Å²) in [6.07, 6.45) is 2.99. The molecule has 2 nitrogen and oxygen atoms in total. The predicted molar refractivity (Wildman–Crippen MR) is 134 cm³/mol. The summed E-state index contributed by atoms with van der Waals surface area (Å²) in [6.45, 7) is 9.00. The van der Waals surface area contributed by atoms with E-state index in [1.807, 2.05) is 6.07 Å². The smallest absolute Gasteiger partial charge is 0.228 e. The van der Waals surface area contributed by atoms with Crippen molar-refractivity contribution in [2.75, 3.05) is 0 Å². The van der Waals surface area contributed by atoms with Gasteiger partial charge in [0.1, 0.15) is 24.4 Å². The van der Waals surface area contributed by atoms with Gasteiger partial charge in [-0.05, 0) is 64.1 Å². The zero-order chi connectivity index (χ0) is 23.1. The SMILES string of the molecule is Cc1c2c(c(CC(C)(C)C)c3ccccc13)Oc1cc3ccc(F)cc3c3cc[n+](C)c-2c13. The van der Waals surface area contributed by atoms with E-state index in [-0.39, 0.29) is 11.2 Å². The summed E-state index contributed by atoms with van der Waals surface area (Å²) in [6, 6.07) is 17.8. The number of hydrogen-bond acceptors (Lipinski definition) is 1. The molecule has 1 aliphatic heterocycles. The average molecular weight is 437 g/mol. The monoisotopic (exact) mass is 436 g/mol. The lowest BCUT2D eigenvalue weighted by molar-refractivity contribution is -0.659. The Bertz CT molecular complexity index is 1630. The van der Waals surface area contributed by atoms with Crippen LogP contribution in [0.15, 0.2) is 60.8 Å². The Labute approximate surface area is 193 Å². The van der Waals surface area contributed by atoms with E-state index in [2.05, 4.69) is 81.9 Å². The average Bonchev–Trinajstić information content (AvgIpc) is 2.77. The van der Waals surface area contributed by atoms with Crippen molar-refractivity contribution in [2.24, 2.45) is 12.5 Å². The van der Waals surface area contributed by atoms with Crippen LogP contribution in [0, 0.1) is 18.2 Å². The van der Waals surface area contributed by atoms with Crippen LogP contribution < -0.4 is 9.30 Å². The van der Waals surface area contributed by atoms with Crippen molar-refractivity contribution in [1.82, 2.24) is 0 Å². The molecule has 0 unspecified atom stereocenters. The largest absolute Gasteiger partial charge is 0.455 e. The topological polar surface area (TPSA) is 13.1 Å². The highest BCUT2D eigenvalue weighted by Gasteiger charge is 2.34. The minimum absolute atomic E-state index is 0.102. The summed E-state index contributed by atoms with van der Waals surface area (Å²) in [5.41, 5.74) is 4.84. The van der Waals surface area contributed by atoms with Gasteiger partial charge >= 0.3 is 0 Å². The highest BCUT2D eigenvalue weighted by molar-refractivity contribution is 6.16. The van der Waals surface area contributed by atoms with Gasteiger partial charge in [-0.2, -0.15) is 0 Å². The highest BCUT2D eigenvalue weighted by atomic mass is 19.1. The molecule has 1 aliphatic rings. The van der Waals surface area contributed by atoms with Crippen LogP contribution in [0.25, 0.3) is 43.6 Å². The molecule has 1 aromatic heterocycles. The first-order valence-electron chi connectivity index (χ1n) is 11.5. The summed E-state index contributed by atoms with van der Waals surface area (Å²) in [7, 11) is 2.08. The van der Waals surface area contributed by atoms with Gasteiger partial charge in [0.15, 0.2) is 6.20 Å². The van der Waals surface area contributed by atoms with Gasteiger partial charge < -0.3 is 4.74 Å². The Morgan fingerprint density at radius 2 is 1.67 bits per heavy atom. The second kappa shape index (κ2) is 6.77. The molecule has 0 bridgehead atoms. The number of halogens is 1. The molecule has 0 saturated carbocycles. The maximum absolute atomic E-state index is 14.2. The summed E-state index contributed by atoms with van der Waals surface area (Å²) >= 11 is 0. The lowest BCUT2D eigenvalue weighted by Gasteiger charge is -2.28. The van der Waals surface area contributed by atoms with E-state index >= 15 is 0 Å². The number of fused-ring (bicyclic) bond motifs is 5. The van der Waals surface area contributed by atoms with E-state index in [9.17, 15) is 4.39 Å². The van der Waals surface area contributed by atoms with Gasteiger partial charge in [-0.25, -0.2) is 8.96 Å². The van der Waals surface area contributed by atoms with Gasteiger partial charge in [-0.15, -0.1) is 0 Å². The third kappa shape index (κ3) is 2.95. The van der Waals surface area contributed by atoms with Crippen molar-refractivity contribution in [3.8, 4) is 22.8 Å². The number of rotatable bonds is 1. The first kappa shape index (κ1) is 20.2. The van der Waals surface area contributed by atoms with Gasteiger partial charge in [0.25, 0.3) is 0 Å². The summed E-state index contributed by atoms with van der Waals surface area (Å²) < 4.78 is 23.2. The van der Waals surface area contributed by atoms with Crippen LogP contribution in [0.4, 0.5) is 4.39 Å². The number of nitrogens with zero attached hydrogens (tertiary/aromatic N) is 1. The van der Waals surface area contributed by atoms with Crippen molar-refractivity contribution >= 4 is 32.3 Å². The van der Waals surface area contributed by atoms with Gasteiger partial charge in [0.05, 0.1) is 10.9 Å². The Kier molecular flexibility index (Phi) is 4.14.